The minimum atomic E-state index is -0.957. The van der Waals surface area contributed by atoms with E-state index in [0.717, 1.165) is 29.6 Å². The normalized spacial score (nSPS) is 11.1. The molecule has 2 aromatic heterocycles. The first kappa shape index (κ1) is 14.6. The quantitative estimate of drug-likeness (QED) is 0.533. The molecule has 6 nitrogen and oxygen atoms in total. The highest BCUT2D eigenvalue weighted by atomic mass is 32.2. The van der Waals surface area contributed by atoms with E-state index in [9.17, 15) is 8.78 Å². The molecule has 0 atom stereocenters. The van der Waals surface area contributed by atoms with E-state index in [1.54, 1.807) is 4.68 Å². The summed E-state index contributed by atoms with van der Waals surface area (Å²) >= 11 is 1.15. The molecule has 0 radical (unpaired) electrons. The monoisotopic (exact) mass is 342 g/mol. The van der Waals surface area contributed by atoms with Gasteiger partial charge >= 0.3 is 0 Å². The fourth-order valence-electron chi connectivity index (χ4n) is 2.17. The lowest BCUT2D eigenvalue weighted by atomic mass is 10.2. The molecule has 24 heavy (non-hydrogen) atoms. The van der Waals surface area contributed by atoms with E-state index in [0.29, 0.717) is 21.1 Å². The molecule has 0 aliphatic carbocycles. The lowest BCUT2D eigenvalue weighted by Crippen LogP contribution is -1.99. The standard InChI is InChI=1S/C15H8F2N6S/c16-11-6-10-13(7-12(11)17)18-8-19-14(10)24-15-20-21-22-23(15)9-4-2-1-3-5-9/h1-8H. The van der Waals surface area contributed by atoms with E-state index in [1.165, 1.54) is 6.33 Å². The van der Waals surface area contributed by atoms with E-state index >= 15 is 0 Å². The van der Waals surface area contributed by atoms with Gasteiger partial charge in [-0.15, -0.1) is 5.10 Å². The number of hydrogen-bond acceptors (Lipinski definition) is 6. The first-order valence-corrected chi connectivity index (χ1v) is 7.65. The topological polar surface area (TPSA) is 69.4 Å². The Morgan fingerprint density at radius 2 is 1.75 bits per heavy atom. The van der Waals surface area contributed by atoms with E-state index in [2.05, 4.69) is 25.5 Å². The van der Waals surface area contributed by atoms with Crippen LogP contribution in [0.5, 0.6) is 0 Å². The molecular formula is C15H8F2N6S. The van der Waals surface area contributed by atoms with Crippen LogP contribution in [0, 0.1) is 11.6 Å². The molecule has 0 saturated heterocycles. The predicted molar refractivity (Wildman–Crippen MR) is 82.7 cm³/mol. The molecule has 0 fully saturated rings. The van der Waals surface area contributed by atoms with Crippen molar-refractivity contribution in [1.29, 1.82) is 0 Å². The van der Waals surface area contributed by atoms with Gasteiger partial charge in [-0.05, 0) is 40.4 Å². The zero-order valence-corrected chi connectivity index (χ0v) is 12.8. The maximum absolute atomic E-state index is 13.6. The minimum absolute atomic E-state index is 0.310. The van der Waals surface area contributed by atoms with Crippen LogP contribution >= 0.6 is 11.8 Å². The van der Waals surface area contributed by atoms with Gasteiger partial charge in [0.1, 0.15) is 11.4 Å². The molecule has 2 heterocycles. The number of hydrogen-bond donors (Lipinski definition) is 0. The summed E-state index contributed by atoms with van der Waals surface area (Å²) in [4.78, 5) is 8.11. The van der Waals surface area contributed by atoms with Gasteiger partial charge in [-0.2, -0.15) is 4.68 Å². The minimum Gasteiger partial charge on any atom is -0.236 e. The molecule has 2 aromatic carbocycles. The third kappa shape index (κ3) is 2.58. The van der Waals surface area contributed by atoms with Gasteiger partial charge in [0.2, 0.25) is 5.16 Å². The number of benzene rings is 2. The summed E-state index contributed by atoms with van der Waals surface area (Å²) in [6.07, 6.45) is 1.29. The van der Waals surface area contributed by atoms with Crippen molar-refractivity contribution in [2.75, 3.05) is 0 Å². The summed E-state index contributed by atoms with van der Waals surface area (Å²) in [7, 11) is 0. The van der Waals surface area contributed by atoms with Crippen LogP contribution in [0.3, 0.4) is 0 Å². The number of halogens is 2. The highest BCUT2D eigenvalue weighted by molar-refractivity contribution is 7.99. The molecule has 0 unspecified atom stereocenters. The van der Waals surface area contributed by atoms with Gasteiger partial charge in [0, 0.05) is 11.5 Å². The van der Waals surface area contributed by atoms with Gasteiger partial charge in [-0.25, -0.2) is 18.7 Å². The summed E-state index contributed by atoms with van der Waals surface area (Å²) < 4.78 is 28.5. The van der Waals surface area contributed by atoms with E-state index in [1.807, 2.05) is 30.3 Å². The zero-order chi connectivity index (χ0) is 16.5. The molecule has 0 N–H and O–H groups in total. The van der Waals surface area contributed by atoms with Crippen LogP contribution in [-0.2, 0) is 0 Å². The van der Waals surface area contributed by atoms with Gasteiger partial charge in [0.15, 0.2) is 11.6 Å². The second-order valence-electron chi connectivity index (χ2n) is 4.77. The van der Waals surface area contributed by atoms with Crippen LogP contribution in [0.4, 0.5) is 8.78 Å². The van der Waals surface area contributed by atoms with Crippen molar-refractivity contribution in [2.24, 2.45) is 0 Å². The average molecular weight is 342 g/mol. The Balaban J connectivity index is 1.79. The Bertz CT molecular complexity index is 1020. The molecule has 9 heteroatoms. The second-order valence-corrected chi connectivity index (χ2v) is 5.73. The first-order chi connectivity index (χ1) is 11.7. The van der Waals surface area contributed by atoms with Gasteiger partial charge in [-0.3, -0.25) is 0 Å². The van der Waals surface area contributed by atoms with Crippen LogP contribution in [0.25, 0.3) is 16.6 Å². The van der Waals surface area contributed by atoms with Gasteiger partial charge in [0.05, 0.1) is 11.2 Å². The molecule has 4 aromatic rings. The Hall–Kier alpha value is -2.94. The Labute approximate surface area is 138 Å². The predicted octanol–water partition coefficient (Wildman–Crippen LogP) is 3.03. The maximum Gasteiger partial charge on any atom is 0.220 e. The highest BCUT2D eigenvalue weighted by Gasteiger charge is 2.15. The van der Waals surface area contributed by atoms with Crippen molar-refractivity contribution in [3.8, 4) is 5.69 Å². The first-order valence-electron chi connectivity index (χ1n) is 6.84. The van der Waals surface area contributed by atoms with E-state index < -0.39 is 11.6 Å². The lowest BCUT2D eigenvalue weighted by Gasteiger charge is -2.06. The SMILES string of the molecule is Fc1cc2ncnc(Sc3nnnn3-c3ccccc3)c2cc1F. The van der Waals surface area contributed by atoms with Crippen molar-refractivity contribution in [2.45, 2.75) is 10.2 Å². The summed E-state index contributed by atoms with van der Waals surface area (Å²) in [5.41, 5.74) is 1.09. The third-order valence-corrected chi connectivity index (χ3v) is 4.23. The lowest BCUT2D eigenvalue weighted by molar-refractivity contribution is 0.510. The van der Waals surface area contributed by atoms with Crippen LogP contribution in [-0.4, -0.2) is 30.2 Å². The summed E-state index contributed by atoms with van der Waals surface area (Å²) in [6, 6.07) is 11.4. The number of aromatic nitrogens is 6. The molecule has 0 aliphatic heterocycles. The van der Waals surface area contributed by atoms with Crippen LogP contribution < -0.4 is 0 Å². The third-order valence-electron chi connectivity index (χ3n) is 3.27. The molecular weight excluding hydrogens is 334 g/mol. The second kappa shape index (κ2) is 5.93. The Kier molecular flexibility index (Phi) is 3.62. The maximum atomic E-state index is 13.6. The van der Waals surface area contributed by atoms with Crippen LogP contribution in [0.2, 0.25) is 0 Å². The van der Waals surface area contributed by atoms with Crippen molar-refractivity contribution in [1.82, 2.24) is 30.2 Å². The van der Waals surface area contributed by atoms with Crippen LogP contribution in [0.15, 0.2) is 59.0 Å². The molecule has 0 amide bonds. The number of para-hydroxylation sites is 1. The number of fused-ring (bicyclic) bond motifs is 1. The summed E-state index contributed by atoms with van der Waals surface area (Å²) in [5, 5.41) is 12.9. The smallest absolute Gasteiger partial charge is 0.220 e. The summed E-state index contributed by atoms with van der Waals surface area (Å²) in [5.74, 6) is -1.91. The highest BCUT2D eigenvalue weighted by Crippen LogP contribution is 2.31. The molecule has 118 valence electrons. The van der Waals surface area contributed by atoms with Crippen molar-refractivity contribution < 1.29 is 8.78 Å². The number of tetrazole rings is 1. The van der Waals surface area contributed by atoms with E-state index in [4.69, 9.17) is 0 Å². The van der Waals surface area contributed by atoms with E-state index in [-0.39, 0.29) is 0 Å². The zero-order valence-electron chi connectivity index (χ0n) is 12.0. The number of rotatable bonds is 3. The van der Waals surface area contributed by atoms with Gasteiger partial charge < -0.3 is 0 Å². The molecule has 0 spiro atoms. The Morgan fingerprint density at radius 3 is 2.58 bits per heavy atom. The molecule has 4 rings (SSSR count). The van der Waals surface area contributed by atoms with Crippen molar-refractivity contribution in [3.63, 3.8) is 0 Å². The largest absolute Gasteiger partial charge is 0.236 e. The fourth-order valence-corrected chi connectivity index (χ4v) is 3.02. The van der Waals surface area contributed by atoms with Gasteiger partial charge in [0.25, 0.3) is 0 Å². The number of nitrogens with zero attached hydrogens (tertiary/aromatic N) is 6. The molecule has 0 saturated carbocycles. The Morgan fingerprint density at radius 1 is 0.958 bits per heavy atom. The van der Waals surface area contributed by atoms with Crippen molar-refractivity contribution in [3.05, 3.63) is 60.4 Å². The molecule has 0 bridgehead atoms. The average Bonchev–Trinajstić information content (AvgIpc) is 3.06. The fraction of sp³-hybridized carbons (Fsp3) is 0. The van der Waals surface area contributed by atoms with Crippen LogP contribution in [0.1, 0.15) is 0 Å². The molecule has 0 aliphatic rings. The van der Waals surface area contributed by atoms with Crippen molar-refractivity contribution >= 4 is 22.7 Å². The summed E-state index contributed by atoms with van der Waals surface area (Å²) in [6.45, 7) is 0. The van der Waals surface area contributed by atoms with Gasteiger partial charge in [-0.1, -0.05) is 18.2 Å².